The van der Waals surface area contributed by atoms with Crippen LogP contribution in [-0.2, 0) is 16.0 Å². The van der Waals surface area contributed by atoms with Crippen molar-refractivity contribution in [2.75, 3.05) is 32.8 Å². The Balaban J connectivity index is 1.93. The molecule has 0 aromatic heterocycles. The van der Waals surface area contributed by atoms with Crippen molar-refractivity contribution in [2.45, 2.75) is 18.9 Å². The van der Waals surface area contributed by atoms with Crippen molar-refractivity contribution < 1.29 is 14.6 Å². The molecule has 1 aromatic rings. The number of carboxylic acids is 1. The third-order valence-corrected chi connectivity index (χ3v) is 4.44. The van der Waals surface area contributed by atoms with Crippen molar-refractivity contribution in [3.63, 3.8) is 0 Å². The molecule has 0 saturated carbocycles. The normalized spacial score (nSPS) is 17.6. The van der Waals surface area contributed by atoms with E-state index in [1.807, 2.05) is 18.2 Å². The Labute approximate surface area is 133 Å². The zero-order valence-corrected chi connectivity index (χ0v) is 13.5. The highest BCUT2D eigenvalue weighted by Crippen LogP contribution is 2.23. The Bertz CT molecular complexity index is 490. The zero-order chi connectivity index (χ0) is 15.2. The summed E-state index contributed by atoms with van der Waals surface area (Å²) in [4.78, 5) is 13.1. The average molecular weight is 357 g/mol. The minimum absolute atomic E-state index is 0.0560. The van der Waals surface area contributed by atoms with Crippen LogP contribution >= 0.6 is 15.9 Å². The van der Waals surface area contributed by atoms with Crippen LogP contribution in [0.5, 0.6) is 0 Å². The summed E-state index contributed by atoms with van der Waals surface area (Å²) < 4.78 is 6.33. The molecule has 2 rings (SSSR count). The first kappa shape index (κ1) is 16.4. The molecule has 1 aliphatic rings. The molecule has 6 heteroatoms. The Morgan fingerprint density at radius 2 is 2.14 bits per heavy atom. The topological polar surface area (TPSA) is 75.8 Å². The van der Waals surface area contributed by atoms with Crippen molar-refractivity contribution in [1.82, 2.24) is 4.90 Å². The summed E-state index contributed by atoms with van der Waals surface area (Å²) in [5, 5.41) is 8.79. The molecule has 1 aromatic carbocycles. The predicted molar refractivity (Wildman–Crippen MR) is 84.3 cm³/mol. The van der Waals surface area contributed by atoms with Crippen molar-refractivity contribution in [1.29, 1.82) is 0 Å². The van der Waals surface area contributed by atoms with Crippen molar-refractivity contribution in [3.05, 3.63) is 33.8 Å². The van der Waals surface area contributed by atoms with Gasteiger partial charge in [-0.05, 0) is 23.6 Å². The van der Waals surface area contributed by atoms with Crippen molar-refractivity contribution in [2.24, 2.45) is 5.73 Å². The van der Waals surface area contributed by atoms with Gasteiger partial charge in [-0.1, -0.05) is 28.1 Å². The Kier molecular flexibility index (Phi) is 6.17. The van der Waals surface area contributed by atoms with Gasteiger partial charge >= 0.3 is 5.97 Å². The molecular formula is C15H21BrN2O3. The second-order valence-electron chi connectivity index (χ2n) is 5.26. The maximum absolute atomic E-state index is 10.7. The fourth-order valence-corrected chi connectivity index (χ4v) is 3.00. The maximum Gasteiger partial charge on any atom is 0.305 e. The van der Waals surface area contributed by atoms with Gasteiger partial charge in [-0.2, -0.15) is 0 Å². The number of aliphatic carboxylic acids is 1. The van der Waals surface area contributed by atoms with Gasteiger partial charge in [0.25, 0.3) is 0 Å². The highest BCUT2D eigenvalue weighted by atomic mass is 79.9. The van der Waals surface area contributed by atoms with Crippen LogP contribution in [0.4, 0.5) is 0 Å². The van der Waals surface area contributed by atoms with Crippen molar-refractivity contribution in [3.8, 4) is 0 Å². The molecule has 21 heavy (non-hydrogen) atoms. The Morgan fingerprint density at radius 3 is 2.76 bits per heavy atom. The van der Waals surface area contributed by atoms with E-state index in [2.05, 4.69) is 20.8 Å². The first-order valence-corrected chi connectivity index (χ1v) is 7.91. The van der Waals surface area contributed by atoms with Gasteiger partial charge in [0.1, 0.15) is 0 Å². The SMILES string of the molecule is NC(CC(=O)O)c1ccc(CCN2CCOCC2)c(Br)c1. The maximum atomic E-state index is 10.7. The number of nitrogens with zero attached hydrogens (tertiary/aromatic N) is 1. The van der Waals surface area contributed by atoms with E-state index >= 15 is 0 Å². The molecule has 0 aliphatic carbocycles. The number of hydrogen-bond acceptors (Lipinski definition) is 4. The third kappa shape index (κ3) is 5.07. The van der Waals surface area contributed by atoms with Crippen LogP contribution in [0.1, 0.15) is 23.6 Å². The van der Waals surface area contributed by atoms with Crippen molar-refractivity contribution >= 4 is 21.9 Å². The number of hydrogen-bond donors (Lipinski definition) is 2. The van der Waals surface area contributed by atoms with Gasteiger partial charge in [-0.25, -0.2) is 0 Å². The summed E-state index contributed by atoms with van der Waals surface area (Å²) in [6.45, 7) is 4.59. The molecule has 116 valence electrons. The molecule has 1 saturated heterocycles. The molecule has 1 atom stereocenters. The van der Waals surface area contributed by atoms with Crippen LogP contribution < -0.4 is 5.73 Å². The van der Waals surface area contributed by atoms with Gasteiger partial charge in [0.05, 0.1) is 19.6 Å². The fraction of sp³-hybridized carbons (Fsp3) is 0.533. The average Bonchev–Trinajstić information content (AvgIpc) is 2.46. The smallest absolute Gasteiger partial charge is 0.305 e. The molecule has 1 unspecified atom stereocenters. The van der Waals surface area contributed by atoms with E-state index in [0.717, 1.165) is 49.3 Å². The number of morpholine rings is 1. The highest BCUT2D eigenvalue weighted by molar-refractivity contribution is 9.10. The number of carbonyl (C=O) groups is 1. The minimum Gasteiger partial charge on any atom is -0.481 e. The van der Waals surface area contributed by atoms with E-state index in [-0.39, 0.29) is 6.42 Å². The molecular weight excluding hydrogens is 336 g/mol. The quantitative estimate of drug-likeness (QED) is 0.812. The lowest BCUT2D eigenvalue weighted by Gasteiger charge is -2.26. The van der Waals surface area contributed by atoms with Gasteiger partial charge < -0.3 is 15.6 Å². The minimum atomic E-state index is -0.880. The van der Waals surface area contributed by atoms with Crippen LogP contribution in [0, 0.1) is 0 Å². The number of halogens is 1. The van der Waals surface area contributed by atoms with E-state index in [1.165, 1.54) is 5.56 Å². The largest absolute Gasteiger partial charge is 0.481 e. The van der Waals surface area contributed by atoms with E-state index in [1.54, 1.807) is 0 Å². The standard InChI is InChI=1S/C15H21BrN2O3/c16-13-9-12(14(17)10-15(19)20)2-1-11(13)3-4-18-5-7-21-8-6-18/h1-2,9,14H,3-8,10,17H2,(H,19,20). The van der Waals surface area contributed by atoms with Gasteiger partial charge in [0.2, 0.25) is 0 Å². The summed E-state index contributed by atoms with van der Waals surface area (Å²) in [6, 6.07) is 5.42. The molecule has 3 N–H and O–H groups in total. The lowest BCUT2D eigenvalue weighted by atomic mass is 10.0. The number of ether oxygens (including phenoxy) is 1. The second-order valence-corrected chi connectivity index (χ2v) is 6.11. The summed E-state index contributed by atoms with van der Waals surface area (Å²) in [7, 11) is 0. The van der Waals surface area contributed by atoms with Crippen LogP contribution in [0.15, 0.2) is 22.7 Å². The molecule has 1 fully saturated rings. The predicted octanol–water partition coefficient (Wildman–Crippen LogP) is 1.80. The lowest BCUT2D eigenvalue weighted by molar-refractivity contribution is -0.137. The van der Waals surface area contributed by atoms with E-state index in [4.69, 9.17) is 15.6 Å². The van der Waals surface area contributed by atoms with Gasteiger partial charge in [0, 0.05) is 30.1 Å². The number of carboxylic acid groups (broad SMARTS) is 1. The number of nitrogens with two attached hydrogens (primary N) is 1. The molecule has 0 amide bonds. The van der Waals surface area contributed by atoms with Crippen LogP contribution in [0.2, 0.25) is 0 Å². The summed E-state index contributed by atoms with van der Waals surface area (Å²) in [5.41, 5.74) is 7.94. The first-order valence-electron chi connectivity index (χ1n) is 7.12. The first-order chi connectivity index (χ1) is 10.1. The van der Waals surface area contributed by atoms with E-state index in [0.29, 0.717) is 0 Å². The molecule has 0 radical (unpaired) electrons. The third-order valence-electron chi connectivity index (χ3n) is 3.70. The fourth-order valence-electron chi connectivity index (χ4n) is 2.41. The highest BCUT2D eigenvalue weighted by Gasteiger charge is 2.14. The van der Waals surface area contributed by atoms with Gasteiger partial charge in [0.15, 0.2) is 0 Å². The molecule has 1 heterocycles. The summed E-state index contributed by atoms with van der Waals surface area (Å²) in [5.74, 6) is -0.880. The van der Waals surface area contributed by atoms with E-state index in [9.17, 15) is 4.79 Å². The van der Waals surface area contributed by atoms with Crippen LogP contribution in [0.25, 0.3) is 0 Å². The second kappa shape index (κ2) is 7.89. The molecule has 0 bridgehead atoms. The molecule has 5 nitrogen and oxygen atoms in total. The number of rotatable bonds is 6. The van der Waals surface area contributed by atoms with E-state index < -0.39 is 12.0 Å². The van der Waals surface area contributed by atoms with Gasteiger partial charge in [-0.15, -0.1) is 0 Å². The van der Waals surface area contributed by atoms with Crippen LogP contribution in [-0.4, -0.2) is 48.8 Å². The Morgan fingerprint density at radius 1 is 1.43 bits per heavy atom. The van der Waals surface area contributed by atoms with Gasteiger partial charge in [-0.3, -0.25) is 9.69 Å². The lowest BCUT2D eigenvalue weighted by Crippen LogP contribution is -2.37. The summed E-state index contributed by atoms with van der Waals surface area (Å²) in [6.07, 6.45) is 0.897. The summed E-state index contributed by atoms with van der Waals surface area (Å²) >= 11 is 3.56. The molecule has 0 spiro atoms. The Hall–Kier alpha value is -0.950. The number of benzene rings is 1. The zero-order valence-electron chi connectivity index (χ0n) is 11.9. The van der Waals surface area contributed by atoms with Crippen LogP contribution in [0.3, 0.4) is 0 Å². The molecule has 1 aliphatic heterocycles. The monoisotopic (exact) mass is 356 g/mol.